The molecule has 0 radical (unpaired) electrons. The number of nitrogens with zero attached hydrogens (tertiary/aromatic N) is 3. The van der Waals surface area contributed by atoms with Crippen LogP contribution in [0.2, 0.25) is 0 Å². The van der Waals surface area contributed by atoms with Gasteiger partial charge in [0.15, 0.2) is 0 Å². The Labute approximate surface area is 131 Å². The fourth-order valence-corrected chi connectivity index (χ4v) is 3.67. The Morgan fingerprint density at radius 2 is 1.73 bits per heavy atom. The maximum absolute atomic E-state index is 11.7. The fourth-order valence-electron chi connectivity index (χ4n) is 2.43. The molecule has 2 fully saturated rings. The van der Waals surface area contributed by atoms with Crippen molar-refractivity contribution in [3.63, 3.8) is 0 Å². The minimum absolute atomic E-state index is 0.176. The standard InChI is InChI=1S/C14H23N5O2S/c1-2-22(20,21)19-8-12(9-19)7-16-14-5-13(17-10-18-14)15-6-11-3-4-11/h5,10-12H,2-4,6-9H2,1H3,(H2,15,16,17,18). The van der Waals surface area contributed by atoms with Crippen LogP contribution in [0.1, 0.15) is 19.8 Å². The van der Waals surface area contributed by atoms with Crippen molar-refractivity contribution >= 4 is 21.7 Å². The van der Waals surface area contributed by atoms with Crippen molar-refractivity contribution in [1.29, 1.82) is 0 Å². The van der Waals surface area contributed by atoms with E-state index in [9.17, 15) is 8.42 Å². The third-order valence-corrected chi connectivity index (χ3v) is 6.00. The van der Waals surface area contributed by atoms with E-state index in [2.05, 4.69) is 20.6 Å². The molecule has 0 aromatic carbocycles. The van der Waals surface area contributed by atoms with Gasteiger partial charge in [-0.15, -0.1) is 0 Å². The van der Waals surface area contributed by atoms with Gasteiger partial charge in [-0.05, 0) is 25.7 Å². The normalized spacial score (nSPS) is 19.7. The number of sulfonamides is 1. The molecule has 8 heteroatoms. The second kappa shape index (κ2) is 6.37. The van der Waals surface area contributed by atoms with E-state index < -0.39 is 10.0 Å². The lowest BCUT2D eigenvalue weighted by molar-refractivity contribution is 0.212. The lowest BCUT2D eigenvalue weighted by Gasteiger charge is -2.37. The van der Waals surface area contributed by atoms with Crippen LogP contribution in [0.3, 0.4) is 0 Å². The summed E-state index contributed by atoms with van der Waals surface area (Å²) in [7, 11) is -3.02. The zero-order chi connectivity index (χ0) is 15.6. The van der Waals surface area contributed by atoms with Crippen molar-refractivity contribution in [1.82, 2.24) is 14.3 Å². The first-order valence-corrected chi connectivity index (χ1v) is 9.45. The molecule has 22 heavy (non-hydrogen) atoms. The molecular weight excluding hydrogens is 302 g/mol. The molecule has 0 bridgehead atoms. The Balaban J connectivity index is 1.43. The smallest absolute Gasteiger partial charge is 0.213 e. The third-order valence-electron chi connectivity index (χ3n) is 4.19. The highest BCUT2D eigenvalue weighted by Crippen LogP contribution is 2.28. The Bertz CT molecular complexity index is 611. The second-order valence-electron chi connectivity index (χ2n) is 6.08. The van der Waals surface area contributed by atoms with E-state index in [0.29, 0.717) is 19.0 Å². The Morgan fingerprint density at radius 3 is 2.27 bits per heavy atom. The first kappa shape index (κ1) is 15.5. The van der Waals surface area contributed by atoms with Gasteiger partial charge in [0, 0.05) is 38.2 Å². The van der Waals surface area contributed by atoms with Gasteiger partial charge in [-0.1, -0.05) is 0 Å². The van der Waals surface area contributed by atoms with Crippen LogP contribution in [0, 0.1) is 11.8 Å². The molecule has 0 atom stereocenters. The number of hydrogen-bond acceptors (Lipinski definition) is 6. The number of aromatic nitrogens is 2. The molecule has 1 aromatic heterocycles. The van der Waals surface area contributed by atoms with Gasteiger partial charge in [-0.25, -0.2) is 22.7 Å². The SMILES string of the molecule is CCS(=O)(=O)N1CC(CNc2cc(NCC3CC3)ncn2)C1. The molecule has 1 saturated carbocycles. The first-order valence-electron chi connectivity index (χ1n) is 7.84. The number of nitrogens with one attached hydrogen (secondary N) is 2. The van der Waals surface area contributed by atoms with Crippen LogP contribution in [0.25, 0.3) is 0 Å². The highest BCUT2D eigenvalue weighted by molar-refractivity contribution is 7.89. The molecule has 2 N–H and O–H groups in total. The van der Waals surface area contributed by atoms with Gasteiger partial charge in [0.25, 0.3) is 0 Å². The minimum Gasteiger partial charge on any atom is -0.370 e. The van der Waals surface area contributed by atoms with E-state index in [-0.39, 0.29) is 5.75 Å². The Hall–Kier alpha value is -1.41. The maximum Gasteiger partial charge on any atom is 0.213 e. The average Bonchev–Trinajstić information content (AvgIpc) is 3.28. The summed E-state index contributed by atoms with van der Waals surface area (Å²) in [6, 6.07) is 1.90. The molecule has 2 aliphatic rings. The lowest BCUT2D eigenvalue weighted by atomic mass is 10.0. The Kier molecular flexibility index (Phi) is 4.49. The summed E-state index contributed by atoms with van der Waals surface area (Å²) in [6.07, 6.45) is 4.16. The van der Waals surface area contributed by atoms with Gasteiger partial charge < -0.3 is 10.6 Å². The zero-order valence-electron chi connectivity index (χ0n) is 12.8. The average molecular weight is 325 g/mol. The van der Waals surface area contributed by atoms with E-state index in [4.69, 9.17) is 0 Å². The summed E-state index contributed by atoms with van der Waals surface area (Å²) in [5.41, 5.74) is 0. The second-order valence-corrected chi connectivity index (χ2v) is 8.33. The van der Waals surface area contributed by atoms with E-state index in [1.54, 1.807) is 17.6 Å². The van der Waals surface area contributed by atoms with Crippen molar-refractivity contribution in [3.05, 3.63) is 12.4 Å². The molecule has 1 aliphatic carbocycles. The summed E-state index contributed by atoms with van der Waals surface area (Å²) in [4.78, 5) is 8.41. The summed E-state index contributed by atoms with van der Waals surface area (Å²) < 4.78 is 24.9. The predicted molar refractivity (Wildman–Crippen MR) is 86.3 cm³/mol. The largest absolute Gasteiger partial charge is 0.370 e. The lowest BCUT2D eigenvalue weighted by Crippen LogP contribution is -2.52. The van der Waals surface area contributed by atoms with E-state index in [1.165, 1.54) is 12.8 Å². The highest BCUT2D eigenvalue weighted by atomic mass is 32.2. The van der Waals surface area contributed by atoms with Crippen molar-refractivity contribution in [3.8, 4) is 0 Å². The maximum atomic E-state index is 11.7. The number of rotatable bonds is 8. The molecule has 2 heterocycles. The molecule has 7 nitrogen and oxygen atoms in total. The van der Waals surface area contributed by atoms with Gasteiger partial charge in [0.1, 0.15) is 18.0 Å². The monoisotopic (exact) mass is 325 g/mol. The first-order chi connectivity index (χ1) is 10.6. The highest BCUT2D eigenvalue weighted by Gasteiger charge is 2.34. The molecule has 0 unspecified atom stereocenters. The van der Waals surface area contributed by atoms with Gasteiger partial charge in [-0.2, -0.15) is 0 Å². The van der Waals surface area contributed by atoms with E-state index in [1.807, 2.05) is 6.07 Å². The minimum atomic E-state index is -3.02. The summed E-state index contributed by atoms with van der Waals surface area (Å²) in [6.45, 7) is 4.58. The molecular formula is C14H23N5O2S. The third kappa shape index (κ3) is 3.86. The van der Waals surface area contributed by atoms with Gasteiger partial charge in [0.2, 0.25) is 10.0 Å². The van der Waals surface area contributed by atoms with E-state index in [0.717, 1.165) is 30.6 Å². The van der Waals surface area contributed by atoms with Crippen LogP contribution in [-0.4, -0.2) is 54.6 Å². The summed E-state index contributed by atoms with van der Waals surface area (Å²) in [5.74, 6) is 2.94. The molecule has 1 saturated heterocycles. The molecule has 0 amide bonds. The van der Waals surface area contributed by atoms with Crippen LogP contribution < -0.4 is 10.6 Å². The van der Waals surface area contributed by atoms with Crippen LogP contribution in [-0.2, 0) is 10.0 Å². The fraction of sp³-hybridized carbons (Fsp3) is 0.714. The predicted octanol–water partition coefficient (Wildman–Crippen LogP) is 0.992. The van der Waals surface area contributed by atoms with Gasteiger partial charge in [-0.3, -0.25) is 0 Å². The molecule has 0 spiro atoms. The van der Waals surface area contributed by atoms with Crippen molar-refractivity contribution < 1.29 is 8.42 Å². The Morgan fingerprint density at radius 1 is 1.14 bits per heavy atom. The quantitative estimate of drug-likeness (QED) is 0.741. The number of hydrogen-bond donors (Lipinski definition) is 2. The molecule has 1 aliphatic heterocycles. The van der Waals surface area contributed by atoms with Crippen LogP contribution in [0.15, 0.2) is 12.4 Å². The summed E-state index contributed by atoms with van der Waals surface area (Å²) >= 11 is 0. The van der Waals surface area contributed by atoms with Crippen molar-refractivity contribution in [2.75, 3.05) is 42.6 Å². The van der Waals surface area contributed by atoms with E-state index >= 15 is 0 Å². The number of anilines is 2. The molecule has 1 aromatic rings. The summed E-state index contributed by atoms with van der Waals surface area (Å²) in [5, 5.41) is 6.59. The van der Waals surface area contributed by atoms with Gasteiger partial charge in [0.05, 0.1) is 5.75 Å². The van der Waals surface area contributed by atoms with Crippen LogP contribution >= 0.6 is 0 Å². The molecule has 122 valence electrons. The van der Waals surface area contributed by atoms with Crippen molar-refractivity contribution in [2.45, 2.75) is 19.8 Å². The van der Waals surface area contributed by atoms with Gasteiger partial charge >= 0.3 is 0 Å². The zero-order valence-corrected chi connectivity index (χ0v) is 13.6. The van der Waals surface area contributed by atoms with Crippen LogP contribution in [0.4, 0.5) is 11.6 Å². The van der Waals surface area contributed by atoms with Crippen molar-refractivity contribution in [2.24, 2.45) is 11.8 Å². The molecule has 3 rings (SSSR count). The topological polar surface area (TPSA) is 87.2 Å². The van der Waals surface area contributed by atoms with Crippen LogP contribution in [0.5, 0.6) is 0 Å².